The fourth-order valence-corrected chi connectivity index (χ4v) is 4.28. The van der Waals surface area contributed by atoms with Gasteiger partial charge < -0.3 is 9.57 Å². The molecule has 1 atom stereocenters. The number of ether oxygens (including phenoxy) is 1. The van der Waals surface area contributed by atoms with Gasteiger partial charge in [0.25, 0.3) is 5.91 Å². The molecule has 1 aromatic carbocycles. The second-order valence-corrected chi connectivity index (χ2v) is 9.04. The Morgan fingerprint density at radius 3 is 2.48 bits per heavy atom. The van der Waals surface area contributed by atoms with Gasteiger partial charge in [-0.3, -0.25) is 14.6 Å². The summed E-state index contributed by atoms with van der Waals surface area (Å²) in [4.78, 5) is 46.0. The average molecular weight is 471 g/mol. The molecule has 1 aromatic heterocycles. The van der Waals surface area contributed by atoms with E-state index in [1.165, 1.54) is 5.56 Å². The number of rotatable bonds is 12. The van der Waals surface area contributed by atoms with Gasteiger partial charge in [-0.05, 0) is 60.4 Å². The Bertz CT molecular complexity index is 946. The van der Waals surface area contributed by atoms with Crippen molar-refractivity contribution >= 4 is 28.9 Å². The van der Waals surface area contributed by atoms with E-state index >= 15 is 0 Å². The Balaban J connectivity index is 1.45. The van der Waals surface area contributed by atoms with E-state index in [2.05, 4.69) is 18.0 Å². The van der Waals surface area contributed by atoms with Crippen LogP contribution < -0.4 is 4.74 Å². The first-order valence-electron chi connectivity index (χ1n) is 11.4. The Kier molecular flexibility index (Phi) is 9.30. The van der Waals surface area contributed by atoms with E-state index in [0.717, 1.165) is 48.0 Å². The van der Waals surface area contributed by atoms with Crippen molar-refractivity contribution in [3.05, 3.63) is 59.4 Å². The number of imide groups is 1. The fraction of sp³-hybridized carbons (Fsp3) is 0.440. The van der Waals surface area contributed by atoms with Gasteiger partial charge in [-0.25, -0.2) is 4.79 Å². The lowest BCUT2D eigenvalue weighted by Gasteiger charge is -2.13. The maximum absolute atomic E-state index is 12.5. The van der Waals surface area contributed by atoms with Crippen molar-refractivity contribution in [3.63, 3.8) is 0 Å². The Labute approximate surface area is 198 Å². The minimum atomic E-state index is -0.607. The third-order valence-corrected chi connectivity index (χ3v) is 6.35. The van der Waals surface area contributed by atoms with Gasteiger partial charge in [0, 0.05) is 24.7 Å². The van der Waals surface area contributed by atoms with Crippen LogP contribution in [0.15, 0.2) is 42.6 Å². The van der Waals surface area contributed by atoms with E-state index in [-0.39, 0.29) is 6.42 Å². The predicted octanol–water partition coefficient (Wildman–Crippen LogP) is 4.91. The van der Waals surface area contributed by atoms with Crippen LogP contribution >= 0.6 is 11.8 Å². The van der Waals surface area contributed by atoms with Gasteiger partial charge in [0.05, 0.1) is 6.61 Å². The molecule has 7 nitrogen and oxygen atoms in total. The molecule has 0 spiro atoms. The molecule has 33 heavy (non-hydrogen) atoms. The standard InChI is InChI=1S/C25H30N2O5S/c1-3-5-6-7-23(28)32-27-24(29)22(33-25(27)30)16-19-9-12-21(13-10-19)31-15-14-20-11-8-18(4-2)17-26-20/h8-13,17,22H,3-7,14-16H2,1-2H3. The SMILES string of the molecule is CCCCCC(=O)ON1C(=O)SC(Cc2ccc(OCCc3ccc(CC)cn3)cc2)C1=O. The molecule has 0 radical (unpaired) electrons. The van der Waals surface area contributed by atoms with Crippen molar-refractivity contribution in [3.8, 4) is 5.75 Å². The maximum atomic E-state index is 12.5. The topological polar surface area (TPSA) is 85.8 Å². The number of carbonyl (C=O) groups excluding carboxylic acids is 3. The van der Waals surface area contributed by atoms with Crippen molar-refractivity contribution in [2.75, 3.05) is 6.61 Å². The van der Waals surface area contributed by atoms with Gasteiger partial charge in [0.2, 0.25) is 0 Å². The normalized spacial score (nSPS) is 15.7. The van der Waals surface area contributed by atoms with Crippen molar-refractivity contribution < 1.29 is 24.0 Å². The molecule has 0 bridgehead atoms. The molecule has 3 rings (SSSR count). The number of aromatic nitrogens is 1. The van der Waals surface area contributed by atoms with E-state index in [9.17, 15) is 14.4 Å². The molecule has 8 heteroatoms. The summed E-state index contributed by atoms with van der Waals surface area (Å²) in [5.41, 5.74) is 3.10. The molecule has 1 fully saturated rings. The molecule has 0 aliphatic carbocycles. The zero-order valence-corrected chi connectivity index (χ0v) is 19.9. The van der Waals surface area contributed by atoms with Gasteiger partial charge in [0.1, 0.15) is 11.0 Å². The van der Waals surface area contributed by atoms with Crippen LogP contribution in [0, 0.1) is 0 Å². The van der Waals surface area contributed by atoms with Crippen LogP contribution in [0.25, 0.3) is 0 Å². The first kappa shape index (κ1) is 24.8. The highest BCUT2D eigenvalue weighted by molar-refractivity contribution is 8.15. The van der Waals surface area contributed by atoms with Crippen molar-refractivity contribution in [1.29, 1.82) is 0 Å². The Morgan fingerprint density at radius 2 is 1.82 bits per heavy atom. The summed E-state index contributed by atoms with van der Waals surface area (Å²) in [6, 6.07) is 11.6. The average Bonchev–Trinajstić information content (AvgIpc) is 3.08. The summed E-state index contributed by atoms with van der Waals surface area (Å²) in [6.45, 7) is 4.65. The zero-order chi connectivity index (χ0) is 23.6. The van der Waals surface area contributed by atoms with E-state index in [1.54, 1.807) is 0 Å². The van der Waals surface area contributed by atoms with Crippen LogP contribution in [-0.2, 0) is 33.7 Å². The number of hydrogen-bond acceptors (Lipinski definition) is 7. The number of hydrogen-bond donors (Lipinski definition) is 0. The first-order valence-corrected chi connectivity index (χ1v) is 12.3. The van der Waals surface area contributed by atoms with E-state index in [1.807, 2.05) is 43.5 Å². The molecular formula is C25H30N2O5S. The third-order valence-electron chi connectivity index (χ3n) is 5.33. The summed E-state index contributed by atoms with van der Waals surface area (Å²) in [5, 5.41) is -0.540. The molecule has 1 aliphatic rings. The monoisotopic (exact) mass is 470 g/mol. The minimum Gasteiger partial charge on any atom is -0.493 e. The first-order chi connectivity index (χ1) is 16.0. The quantitative estimate of drug-likeness (QED) is 0.407. The second-order valence-electron chi connectivity index (χ2n) is 7.88. The Hall–Kier alpha value is -2.87. The van der Waals surface area contributed by atoms with E-state index in [4.69, 9.17) is 9.57 Å². The summed E-state index contributed by atoms with van der Waals surface area (Å²) in [7, 11) is 0. The van der Waals surface area contributed by atoms with Crippen LogP contribution in [0.1, 0.15) is 56.4 Å². The number of benzene rings is 1. The second kappa shape index (κ2) is 12.4. The number of aryl methyl sites for hydroxylation is 1. The number of nitrogens with zero attached hydrogens (tertiary/aromatic N) is 2. The predicted molar refractivity (Wildman–Crippen MR) is 127 cm³/mol. The Morgan fingerprint density at radius 1 is 1.06 bits per heavy atom. The molecule has 1 saturated heterocycles. The maximum Gasteiger partial charge on any atom is 0.333 e. The number of carbonyl (C=O) groups is 3. The number of hydroxylamine groups is 2. The molecule has 1 unspecified atom stereocenters. The van der Waals surface area contributed by atoms with Crippen LogP contribution in [-0.4, -0.2) is 39.0 Å². The lowest BCUT2D eigenvalue weighted by Crippen LogP contribution is -2.34. The minimum absolute atomic E-state index is 0.196. The van der Waals surface area contributed by atoms with Gasteiger partial charge >= 0.3 is 11.2 Å². The van der Waals surface area contributed by atoms with Crippen LogP contribution in [0.5, 0.6) is 5.75 Å². The molecule has 176 valence electrons. The molecule has 0 N–H and O–H groups in total. The highest BCUT2D eigenvalue weighted by Crippen LogP contribution is 2.30. The van der Waals surface area contributed by atoms with Gasteiger partial charge in [-0.2, -0.15) is 0 Å². The highest BCUT2D eigenvalue weighted by Gasteiger charge is 2.42. The zero-order valence-electron chi connectivity index (χ0n) is 19.1. The largest absolute Gasteiger partial charge is 0.493 e. The number of amides is 2. The number of unbranched alkanes of at least 4 members (excludes halogenated alkanes) is 2. The van der Waals surface area contributed by atoms with Crippen molar-refractivity contribution in [1.82, 2.24) is 10.0 Å². The van der Waals surface area contributed by atoms with Crippen LogP contribution in [0.2, 0.25) is 0 Å². The number of thioether (sulfide) groups is 1. The lowest BCUT2D eigenvalue weighted by molar-refractivity contribution is -0.183. The van der Waals surface area contributed by atoms with Crippen LogP contribution in [0.4, 0.5) is 4.79 Å². The summed E-state index contributed by atoms with van der Waals surface area (Å²) in [6.07, 6.45) is 6.70. The fourth-order valence-electron chi connectivity index (χ4n) is 3.34. The molecule has 2 aromatic rings. The van der Waals surface area contributed by atoms with Gasteiger partial charge in [0.15, 0.2) is 0 Å². The molecule has 0 saturated carbocycles. The smallest absolute Gasteiger partial charge is 0.333 e. The highest BCUT2D eigenvalue weighted by atomic mass is 32.2. The van der Waals surface area contributed by atoms with Crippen molar-refractivity contribution in [2.24, 2.45) is 0 Å². The molecular weight excluding hydrogens is 440 g/mol. The van der Waals surface area contributed by atoms with E-state index in [0.29, 0.717) is 30.9 Å². The summed E-state index contributed by atoms with van der Waals surface area (Å²) >= 11 is 0.887. The van der Waals surface area contributed by atoms with Crippen LogP contribution in [0.3, 0.4) is 0 Å². The van der Waals surface area contributed by atoms with Crippen molar-refractivity contribution in [2.45, 2.75) is 64.0 Å². The van der Waals surface area contributed by atoms with Gasteiger partial charge in [-0.1, -0.05) is 50.0 Å². The van der Waals surface area contributed by atoms with E-state index < -0.39 is 22.4 Å². The van der Waals surface area contributed by atoms with Gasteiger partial charge in [-0.15, -0.1) is 0 Å². The molecule has 2 heterocycles. The lowest BCUT2D eigenvalue weighted by atomic mass is 10.1. The molecule has 1 aliphatic heterocycles. The number of pyridine rings is 1. The summed E-state index contributed by atoms with van der Waals surface area (Å²) in [5.74, 6) is -0.312. The third kappa shape index (κ3) is 7.32. The summed E-state index contributed by atoms with van der Waals surface area (Å²) < 4.78 is 5.80. The molecule has 2 amide bonds.